The number of likely N-dealkylation sites (tertiary alicyclic amines) is 1. The Morgan fingerprint density at radius 2 is 1.94 bits per heavy atom. The van der Waals surface area contributed by atoms with Crippen molar-refractivity contribution < 1.29 is 9.47 Å². The summed E-state index contributed by atoms with van der Waals surface area (Å²) >= 11 is 1.68. The van der Waals surface area contributed by atoms with E-state index >= 15 is 0 Å². The molecule has 2 aliphatic rings. The van der Waals surface area contributed by atoms with E-state index in [-0.39, 0.29) is 0 Å². The van der Waals surface area contributed by atoms with Gasteiger partial charge in [-0.1, -0.05) is 13.3 Å². The summed E-state index contributed by atoms with van der Waals surface area (Å²) in [4.78, 5) is 15.3. The van der Waals surface area contributed by atoms with E-state index < -0.39 is 0 Å². The molecule has 4 rings (SSSR count). The first-order valence-corrected chi connectivity index (χ1v) is 12.1. The van der Waals surface area contributed by atoms with Gasteiger partial charge >= 0.3 is 6.01 Å². The molecule has 0 spiro atoms. The van der Waals surface area contributed by atoms with Crippen molar-refractivity contribution in [2.75, 3.05) is 57.4 Å². The normalized spacial score (nSPS) is 18.0. The standard InChI is InChI=1S/C22H32N6O2S/c1-2-19-6-7-21(31-19)26-23-17-18-16-20(28-11-13-29-14-12-28)25-22(24-18)30-15-10-27-8-4-3-5-9-27/h6-7,16H,2-5,8-15,17H2,1H3. The molecule has 0 bridgehead atoms. The predicted octanol–water partition coefficient (Wildman–Crippen LogP) is 4.09. The number of ether oxygens (including phenoxy) is 2. The number of hydrogen-bond acceptors (Lipinski definition) is 9. The van der Waals surface area contributed by atoms with E-state index in [2.05, 4.69) is 43.0 Å². The molecule has 8 nitrogen and oxygen atoms in total. The zero-order chi connectivity index (χ0) is 21.3. The molecule has 2 aromatic heterocycles. The quantitative estimate of drug-likeness (QED) is 0.543. The van der Waals surface area contributed by atoms with Gasteiger partial charge in [0.1, 0.15) is 24.0 Å². The Balaban J connectivity index is 1.41. The molecule has 168 valence electrons. The van der Waals surface area contributed by atoms with Crippen LogP contribution in [-0.4, -0.2) is 67.4 Å². The van der Waals surface area contributed by atoms with Crippen LogP contribution in [-0.2, 0) is 17.7 Å². The second-order valence-corrected chi connectivity index (χ2v) is 8.99. The third kappa shape index (κ3) is 6.69. The van der Waals surface area contributed by atoms with E-state index in [4.69, 9.17) is 9.47 Å². The molecule has 0 radical (unpaired) electrons. The summed E-state index contributed by atoms with van der Waals surface area (Å²) in [6.45, 7) is 9.44. The number of aromatic nitrogens is 2. The number of rotatable bonds is 9. The maximum Gasteiger partial charge on any atom is 0.318 e. The molecule has 9 heteroatoms. The maximum atomic E-state index is 5.97. The van der Waals surface area contributed by atoms with Gasteiger partial charge in [0.15, 0.2) is 0 Å². The fourth-order valence-corrected chi connectivity index (χ4v) is 4.58. The molecular formula is C22H32N6O2S. The van der Waals surface area contributed by atoms with Crippen molar-refractivity contribution in [1.82, 2.24) is 14.9 Å². The van der Waals surface area contributed by atoms with Crippen molar-refractivity contribution >= 4 is 22.2 Å². The molecule has 2 aliphatic heterocycles. The van der Waals surface area contributed by atoms with Crippen LogP contribution < -0.4 is 9.64 Å². The lowest BCUT2D eigenvalue weighted by atomic mass is 10.1. The van der Waals surface area contributed by atoms with Gasteiger partial charge in [-0.3, -0.25) is 4.90 Å². The average molecular weight is 445 g/mol. The summed E-state index contributed by atoms with van der Waals surface area (Å²) in [6, 6.07) is 6.54. The number of azo groups is 1. The summed E-state index contributed by atoms with van der Waals surface area (Å²) in [6.07, 6.45) is 4.92. The number of piperidine rings is 1. The average Bonchev–Trinajstić information content (AvgIpc) is 3.28. The Hall–Kier alpha value is -2.10. The Labute approximate surface area is 188 Å². The van der Waals surface area contributed by atoms with E-state index in [0.717, 1.165) is 55.7 Å². The minimum atomic E-state index is 0.404. The molecule has 0 aliphatic carbocycles. The topological polar surface area (TPSA) is 75.4 Å². The lowest BCUT2D eigenvalue weighted by molar-refractivity contribution is 0.122. The Morgan fingerprint density at radius 3 is 2.71 bits per heavy atom. The zero-order valence-corrected chi connectivity index (χ0v) is 19.1. The van der Waals surface area contributed by atoms with E-state index in [0.29, 0.717) is 32.4 Å². The summed E-state index contributed by atoms with van der Waals surface area (Å²) in [5.41, 5.74) is 0.820. The van der Waals surface area contributed by atoms with Crippen molar-refractivity contribution in [3.05, 3.63) is 28.8 Å². The van der Waals surface area contributed by atoms with Crippen molar-refractivity contribution in [3.8, 4) is 6.01 Å². The fourth-order valence-electron chi connectivity index (χ4n) is 3.80. The second kappa shape index (κ2) is 11.5. The Morgan fingerprint density at radius 1 is 1.10 bits per heavy atom. The van der Waals surface area contributed by atoms with Gasteiger partial charge < -0.3 is 14.4 Å². The van der Waals surface area contributed by atoms with Crippen LogP contribution in [0.5, 0.6) is 6.01 Å². The van der Waals surface area contributed by atoms with Crippen LogP contribution in [0.4, 0.5) is 10.8 Å². The highest BCUT2D eigenvalue weighted by molar-refractivity contribution is 7.15. The van der Waals surface area contributed by atoms with Gasteiger partial charge in [0.05, 0.1) is 18.9 Å². The Kier molecular flexibility index (Phi) is 8.20. The molecule has 31 heavy (non-hydrogen) atoms. The molecule has 2 saturated heterocycles. The number of hydrogen-bond donors (Lipinski definition) is 0. The summed E-state index contributed by atoms with van der Waals surface area (Å²) < 4.78 is 11.5. The predicted molar refractivity (Wildman–Crippen MR) is 123 cm³/mol. The first-order valence-electron chi connectivity index (χ1n) is 11.3. The molecule has 0 saturated carbocycles. The summed E-state index contributed by atoms with van der Waals surface area (Å²) in [7, 11) is 0. The molecule has 0 N–H and O–H groups in total. The van der Waals surface area contributed by atoms with Gasteiger partial charge in [0.2, 0.25) is 0 Å². The van der Waals surface area contributed by atoms with E-state index in [1.54, 1.807) is 11.3 Å². The van der Waals surface area contributed by atoms with Crippen LogP contribution in [0.3, 0.4) is 0 Å². The molecule has 2 fully saturated rings. The van der Waals surface area contributed by atoms with Crippen molar-refractivity contribution in [2.45, 2.75) is 39.2 Å². The molecular weight excluding hydrogens is 412 g/mol. The first kappa shape index (κ1) is 22.1. The van der Waals surface area contributed by atoms with Gasteiger partial charge in [0, 0.05) is 30.6 Å². The van der Waals surface area contributed by atoms with Gasteiger partial charge in [0.25, 0.3) is 0 Å². The van der Waals surface area contributed by atoms with Gasteiger partial charge in [-0.2, -0.15) is 15.1 Å². The van der Waals surface area contributed by atoms with Crippen LogP contribution in [0.1, 0.15) is 36.8 Å². The highest BCUT2D eigenvalue weighted by Crippen LogP contribution is 2.26. The maximum absolute atomic E-state index is 5.97. The van der Waals surface area contributed by atoms with Crippen molar-refractivity contribution in [2.24, 2.45) is 10.2 Å². The SMILES string of the molecule is CCc1ccc(N=NCc2cc(N3CCOCC3)nc(OCCN3CCCCC3)n2)s1. The molecule has 0 unspecified atom stereocenters. The van der Waals surface area contributed by atoms with Gasteiger partial charge in [-0.05, 0) is 44.5 Å². The third-order valence-corrected chi connectivity index (χ3v) is 6.68. The van der Waals surface area contributed by atoms with Crippen LogP contribution in [0.25, 0.3) is 0 Å². The number of anilines is 1. The monoisotopic (exact) mass is 444 g/mol. The van der Waals surface area contributed by atoms with Crippen LogP contribution >= 0.6 is 11.3 Å². The minimum Gasteiger partial charge on any atom is -0.462 e. The minimum absolute atomic E-state index is 0.404. The smallest absolute Gasteiger partial charge is 0.318 e. The van der Waals surface area contributed by atoms with E-state index in [9.17, 15) is 0 Å². The number of thiophene rings is 1. The highest BCUT2D eigenvalue weighted by atomic mass is 32.1. The largest absolute Gasteiger partial charge is 0.462 e. The Bertz CT molecular complexity index is 846. The lowest BCUT2D eigenvalue weighted by Gasteiger charge is -2.28. The number of nitrogens with zero attached hydrogens (tertiary/aromatic N) is 6. The van der Waals surface area contributed by atoms with Crippen LogP contribution in [0.2, 0.25) is 0 Å². The molecule has 0 aromatic carbocycles. The second-order valence-electron chi connectivity index (χ2n) is 7.84. The van der Waals surface area contributed by atoms with Gasteiger partial charge in [-0.25, -0.2) is 0 Å². The molecule has 2 aromatic rings. The van der Waals surface area contributed by atoms with E-state index in [1.165, 1.54) is 24.1 Å². The van der Waals surface area contributed by atoms with Crippen molar-refractivity contribution in [1.29, 1.82) is 0 Å². The van der Waals surface area contributed by atoms with Crippen LogP contribution in [0, 0.1) is 0 Å². The zero-order valence-electron chi connectivity index (χ0n) is 18.3. The molecule has 4 heterocycles. The van der Waals surface area contributed by atoms with Crippen molar-refractivity contribution in [3.63, 3.8) is 0 Å². The van der Waals surface area contributed by atoms with Gasteiger partial charge in [-0.15, -0.1) is 16.5 Å². The lowest BCUT2D eigenvalue weighted by Crippen LogP contribution is -2.37. The van der Waals surface area contributed by atoms with Crippen LogP contribution in [0.15, 0.2) is 28.4 Å². The number of morpholine rings is 1. The molecule has 0 atom stereocenters. The highest BCUT2D eigenvalue weighted by Gasteiger charge is 2.16. The van der Waals surface area contributed by atoms with E-state index in [1.807, 2.05) is 12.1 Å². The third-order valence-electron chi connectivity index (χ3n) is 5.57. The summed E-state index contributed by atoms with van der Waals surface area (Å²) in [5, 5.41) is 9.67. The number of aryl methyl sites for hydroxylation is 1. The first-order chi connectivity index (χ1) is 15.3. The molecule has 0 amide bonds. The fraction of sp³-hybridized carbons (Fsp3) is 0.636. The summed E-state index contributed by atoms with van der Waals surface area (Å²) in [5.74, 6) is 0.876.